The van der Waals surface area contributed by atoms with Crippen molar-refractivity contribution in [2.24, 2.45) is 4.40 Å². The van der Waals surface area contributed by atoms with Crippen molar-refractivity contribution in [1.82, 2.24) is 4.90 Å². The first-order chi connectivity index (χ1) is 18.8. The number of benzene rings is 3. The Morgan fingerprint density at radius 1 is 1.10 bits per heavy atom. The van der Waals surface area contributed by atoms with Crippen LogP contribution in [0, 0.1) is 5.82 Å². The van der Waals surface area contributed by atoms with Gasteiger partial charge >= 0.3 is 0 Å². The summed E-state index contributed by atoms with van der Waals surface area (Å²) in [6.45, 7) is 1.85. The summed E-state index contributed by atoms with van der Waals surface area (Å²) >= 11 is 0. The maximum atomic E-state index is 13.8. The van der Waals surface area contributed by atoms with Gasteiger partial charge in [0.15, 0.2) is 5.84 Å². The lowest BCUT2D eigenvalue weighted by atomic mass is 9.75. The molecule has 0 radical (unpaired) electrons. The Kier molecular flexibility index (Phi) is 6.66. The van der Waals surface area contributed by atoms with Crippen LogP contribution in [0.5, 0.6) is 0 Å². The van der Waals surface area contributed by atoms with Crippen LogP contribution in [0.2, 0.25) is 0 Å². The second-order valence-corrected chi connectivity index (χ2v) is 13.2. The van der Waals surface area contributed by atoms with Crippen LogP contribution in [-0.4, -0.2) is 51.4 Å². The maximum absolute atomic E-state index is 13.8. The van der Waals surface area contributed by atoms with Crippen molar-refractivity contribution >= 4 is 43.2 Å². The molecule has 1 atom stereocenters. The topological polar surface area (TPSA) is 145 Å². The van der Waals surface area contributed by atoms with Gasteiger partial charge in [-0.15, -0.1) is 4.40 Å². The van der Waals surface area contributed by atoms with Crippen LogP contribution >= 0.6 is 0 Å². The molecule has 0 aromatic heterocycles. The van der Waals surface area contributed by atoms with Gasteiger partial charge in [0, 0.05) is 18.8 Å². The summed E-state index contributed by atoms with van der Waals surface area (Å²) in [5.74, 6) is -1.83. The molecule has 208 valence electrons. The zero-order valence-electron chi connectivity index (χ0n) is 21.4. The van der Waals surface area contributed by atoms with E-state index in [-0.39, 0.29) is 46.5 Å². The lowest BCUT2D eigenvalue weighted by molar-refractivity contribution is -0.129. The lowest BCUT2D eigenvalue weighted by Crippen LogP contribution is -2.51. The normalized spacial score (nSPS) is 20.4. The van der Waals surface area contributed by atoms with E-state index in [0.29, 0.717) is 11.1 Å². The monoisotopic (exact) mass is 584 g/mol. The largest absolute Gasteiger partial charge is 0.510 e. The Hall–Kier alpha value is -4.23. The second-order valence-electron chi connectivity index (χ2n) is 9.83. The fourth-order valence-electron chi connectivity index (χ4n) is 4.79. The second kappa shape index (κ2) is 9.75. The molecule has 0 fully saturated rings. The average molecular weight is 585 g/mol. The van der Waals surface area contributed by atoms with Crippen LogP contribution in [-0.2, 0) is 36.8 Å². The van der Waals surface area contributed by atoms with Crippen LogP contribution in [0.25, 0.3) is 0 Å². The lowest BCUT2D eigenvalue weighted by Gasteiger charge is -2.41. The summed E-state index contributed by atoms with van der Waals surface area (Å²) < 4.78 is 69.2. The van der Waals surface area contributed by atoms with E-state index in [0.717, 1.165) is 12.3 Å². The Labute approximate surface area is 231 Å². The molecule has 3 aromatic rings. The molecule has 5 rings (SSSR count). The van der Waals surface area contributed by atoms with Gasteiger partial charge in [0.25, 0.3) is 15.9 Å². The highest BCUT2D eigenvalue weighted by molar-refractivity contribution is 7.92. The molecule has 10 nitrogen and oxygen atoms in total. The minimum atomic E-state index is -4.42. The van der Waals surface area contributed by atoms with Crippen molar-refractivity contribution < 1.29 is 31.1 Å². The van der Waals surface area contributed by atoms with Gasteiger partial charge < -0.3 is 15.3 Å². The fourth-order valence-corrected chi connectivity index (χ4v) is 6.50. The number of sulfonamides is 2. The van der Waals surface area contributed by atoms with E-state index in [1.807, 2.05) is 6.07 Å². The average Bonchev–Trinajstić information content (AvgIpc) is 2.88. The number of halogens is 1. The third-order valence-electron chi connectivity index (χ3n) is 6.73. The molecule has 2 heterocycles. The quantitative estimate of drug-likeness (QED) is 0.402. The predicted molar refractivity (Wildman–Crippen MR) is 148 cm³/mol. The molecule has 0 bridgehead atoms. The number of amidine groups is 1. The van der Waals surface area contributed by atoms with Crippen molar-refractivity contribution in [2.75, 3.05) is 22.8 Å². The minimum absolute atomic E-state index is 0.0169. The Balaban J connectivity index is 1.61. The number of amides is 1. The molecule has 3 aromatic carbocycles. The molecular formula is C27H25FN4O6S2. The zero-order chi connectivity index (χ0) is 28.9. The van der Waals surface area contributed by atoms with E-state index in [4.69, 9.17) is 0 Å². The van der Waals surface area contributed by atoms with E-state index in [9.17, 15) is 31.1 Å². The third kappa shape index (κ3) is 5.17. The van der Waals surface area contributed by atoms with Crippen molar-refractivity contribution in [3.05, 3.63) is 101 Å². The molecule has 0 unspecified atom stereocenters. The molecule has 0 saturated heterocycles. The first-order valence-electron chi connectivity index (χ1n) is 12.0. The maximum Gasteiger partial charge on any atom is 0.286 e. The first-order valence-corrected chi connectivity index (χ1v) is 15.4. The van der Waals surface area contributed by atoms with Gasteiger partial charge in [-0.2, -0.15) is 8.42 Å². The van der Waals surface area contributed by atoms with E-state index in [2.05, 4.69) is 14.4 Å². The number of nitrogens with one attached hydrogen (secondary N) is 2. The summed E-state index contributed by atoms with van der Waals surface area (Å²) in [7, 11) is -8.09. The van der Waals surface area contributed by atoms with E-state index < -0.39 is 37.2 Å². The number of anilines is 2. The van der Waals surface area contributed by atoms with Gasteiger partial charge in [-0.25, -0.2) is 12.8 Å². The number of aliphatic hydroxyl groups is 1. The summed E-state index contributed by atoms with van der Waals surface area (Å²) in [6, 6.07) is 18.4. The van der Waals surface area contributed by atoms with Crippen molar-refractivity contribution in [2.45, 2.75) is 23.8 Å². The summed E-state index contributed by atoms with van der Waals surface area (Å²) in [5.41, 5.74) is -0.0852. The van der Waals surface area contributed by atoms with Crippen molar-refractivity contribution in [3.63, 3.8) is 0 Å². The van der Waals surface area contributed by atoms with Crippen molar-refractivity contribution in [3.8, 4) is 0 Å². The van der Waals surface area contributed by atoms with Gasteiger partial charge in [-0.05, 0) is 48.4 Å². The van der Waals surface area contributed by atoms with Crippen LogP contribution in [0.3, 0.4) is 0 Å². The number of carbonyl (C=O) groups excluding carboxylic acids is 1. The van der Waals surface area contributed by atoms with Crippen LogP contribution in [0.15, 0.2) is 93.4 Å². The molecule has 3 N–H and O–H groups in total. The smallest absolute Gasteiger partial charge is 0.286 e. The highest BCUT2D eigenvalue weighted by Gasteiger charge is 2.46. The van der Waals surface area contributed by atoms with Crippen LogP contribution in [0.1, 0.15) is 18.1 Å². The van der Waals surface area contributed by atoms with Gasteiger partial charge in [-0.3, -0.25) is 9.52 Å². The zero-order valence-corrected chi connectivity index (χ0v) is 23.1. The molecule has 2 aliphatic rings. The van der Waals surface area contributed by atoms with E-state index in [1.165, 1.54) is 29.2 Å². The molecular weight excluding hydrogens is 559 g/mol. The Morgan fingerprint density at radius 2 is 1.77 bits per heavy atom. The van der Waals surface area contributed by atoms with E-state index in [1.54, 1.807) is 43.3 Å². The molecule has 40 heavy (non-hydrogen) atoms. The highest BCUT2D eigenvalue weighted by Crippen LogP contribution is 2.40. The SMILES string of the molecule is C[C@]1(c2ccccc2)CN(Cc2ccc(F)cc2)C(=O)C(C2=NS(=O)(=O)c3cc(NS(C)(=O)=O)ccc3N2)=C1O. The van der Waals surface area contributed by atoms with Crippen molar-refractivity contribution in [1.29, 1.82) is 0 Å². The number of hydrogen-bond donors (Lipinski definition) is 3. The molecule has 0 spiro atoms. The fraction of sp³-hybridized carbons (Fsp3) is 0.185. The number of hydrogen-bond acceptors (Lipinski definition) is 7. The summed E-state index contributed by atoms with van der Waals surface area (Å²) in [6.07, 6.45) is 0.931. The standard InChI is InChI=1S/C27H25FN4O6S2/c1-27(18-6-4-3-5-7-18)16-32(15-17-8-10-19(28)11-9-17)26(34)23(24(27)33)25-29-21-13-12-20(30-39(2,35)36)14-22(21)40(37,38)31-25/h3-14,30,33H,15-16H2,1-2H3,(H,29,31)/t27-/m1/s1. The number of fused-ring (bicyclic) bond motifs is 1. The van der Waals surface area contributed by atoms with Gasteiger partial charge in [0.05, 0.1) is 17.4 Å². The predicted octanol–water partition coefficient (Wildman–Crippen LogP) is 3.52. The number of nitrogens with zero attached hydrogens (tertiary/aromatic N) is 2. The molecule has 1 amide bonds. The molecule has 2 aliphatic heterocycles. The molecule has 0 saturated carbocycles. The van der Waals surface area contributed by atoms with Crippen LogP contribution in [0.4, 0.5) is 15.8 Å². The number of rotatable bonds is 6. The minimum Gasteiger partial charge on any atom is -0.510 e. The molecule has 13 heteroatoms. The Morgan fingerprint density at radius 3 is 2.42 bits per heavy atom. The van der Waals surface area contributed by atoms with Gasteiger partial charge in [0.1, 0.15) is 22.0 Å². The third-order valence-corrected chi connectivity index (χ3v) is 8.65. The summed E-state index contributed by atoms with van der Waals surface area (Å²) in [5, 5.41) is 14.4. The van der Waals surface area contributed by atoms with Gasteiger partial charge in [-0.1, -0.05) is 42.5 Å². The molecule has 0 aliphatic carbocycles. The highest BCUT2D eigenvalue weighted by atomic mass is 32.2. The first kappa shape index (κ1) is 27.3. The van der Waals surface area contributed by atoms with Gasteiger partial charge in [0.2, 0.25) is 10.0 Å². The van der Waals surface area contributed by atoms with E-state index >= 15 is 0 Å². The Bertz CT molecular complexity index is 1790. The number of aliphatic hydroxyl groups excluding tert-OH is 1. The van der Waals surface area contributed by atoms with Crippen LogP contribution < -0.4 is 10.0 Å². The summed E-state index contributed by atoms with van der Waals surface area (Å²) in [4.78, 5) is 14.9. The number of carbonyl (C=O) groups is 1.